The summed E-state index contributed by atoms with van der Waals surface area (Å²) in [6.45, 7) is 1.72. The quantitative estimate of drug-likeness (QED) is 0.394. The van der Waals surface area contributed by atoms with Crippen molar-refractivity contribution < 1.29 is 23.4 Å². The van der Waals surface area contributed by atoms with Gasteiger partial charge in [0.25, 0.3) is 0 Å². The standard InChI is InChI=1S/C11H9ClF2O3/c1-2-17-11(16)5-10(15)6-3-8(13)9(14)4-7(6)12/h3-5,15H,2H2,1H3/b10-5-. The molecule has 1 rings (SSSR count). The van der Waals surface area contributed by atoms with E-state index in [1.807, 2.05) is 0 Å². The van der Waals surface area contributed by atoms with Gasteiger partial charge in [0, 0.05) is 5.56 Å². The van der Waals surface area contributed by atoms with Gasteiger partial charge in [-0.05, 0) is 19.1 Å². The topological polar surface area (TPSA) is 46.5 Å². The molecule has 1 aromatic rings. The second kappa shape index (κ2) is 5.63. The number of rotatable bonds is 3. The van der Waals surface area contributed by atoms with Crippen molar-refractivity contribution in [2.45, 2.75) is 6.92 Å². The van der Waals surface area contributed by atoms with Gasteiger partial charge in [-0.15, -0.1) is 0 Å². The molecule has 1 aromatic carbocycles. The van der Waals surface area contributed by atoms with Crippen LogP contribution in [-0.2, 0) is 9.53 Å². The Bertz CT molecular complexity index is 472. The third kappa shape index (κ3) is 3.42. The number of hydrogen-bond acceptors (Lipinski definition) is 3. The Morgan fingerprint density at radius 2 is 2.06 bits per heavy atom. The zero-order valence-electron chi connectivity index (χ0n) is 8.84. The van der Waals surface area contributed by atoms with Gasteiger partial charge >= 0.3 is 5.97 Å². The summed E-state index contributed by atoms with van der Waals surface area (Å²) in [7, 11) is 0. The summed E-state index contributed by atoms with van der Waals surface area (Å²) in [6, 6.07) is 1.41. The summed E-state index contributed by atoms with van der Waals surface area (Å²) in [5.74, 6) is -3.70. The van der Waals surface area contributed by atoms with Crippen LogP contribution in [0.1, 0.15) is 12.5 Å². The number of ether oxygens (including phenoxy) is 1. The maximum atomic E-state index is 12.9. The van der Waals surface area contributed by atoms with Crippen molar-refractivity contribution in [1.82, 2.24) is 0 Å². The highest BCUT2D eigenvalue weighted by Crippen LogP contribution is 2.25. The van der Waals surface area contributed by atoms with Crippen molar-refractivity contribution in [3.63, 3.8) is 0 Å². The number of esters is 1. The van der Waals surface area contributed by atoms with Crippen LogP contribution < -0.4 is 0 Å². The van der Waals surface area contributed by atoms with Crippen LogP contribution in [0.2, 0.25) is 5.02 Å². The van der Waals surface area contributed by atoms with Crippen LogP contribution in [0.25, 0.3) is 5.76 Å². The molecule has 0 fully saturated rings. The minimum Gasteiger partial charge on any atom is -0.507 e. The summed E-state index contributed by atoms with van der Waals surface area (Å²) in [5, 5.41) is 9.29. The first-order valence-electron chi connectivity index (χ1n) is 4.68. The van der Waals surface area contributed by atoms with Crippen LogP contribution in [0.3, 0.4) is 0 Å². The van der Waals surface area contributed by atoms with Gasteiger partial charge in [-0.25, -0.2) is 13.6 Å². The highest BCUT2D eigenvalue weighted by molar-refractivity contribution is 6.32. The van der Waals surface area contributed by atoms with Crippen molar-refractivity contribution in [3.05, 3.63) is 40.4 Å². The molecule has 3 nitrogen and oxygen atoms in total. The van der Waals surface area contributed by atoms with E-state index < -0.39 is 23.4 Å². The molecule has 0 bridgehead atoms. The van der Waals surface area contributed by atoms with Crippen LogP contribution in [0.15, 0.2) is 18.2 Å². The van der Waals surface area contributed by atoms with Crippen LogP contribution in [0, 0.1) is 11.6 Å². The van der Waals surface area contributed by atoms with Crippen molar-refractivity contribution in [1.29, 1.82) is 0 Å². The first-order valence-corrected chi connectivity index (χ1v) is 5.05. The van der Waals surface area contributed by atoms with Gasteiger partial charge in [0.1, 0.15) is 5.76 Å². The molecule has 1 N–H and O–H groups in total. The van der Waals surface area contributed by atoms with Crippen molar-refractivity contribution in [2.24, 2.45) is 0 Å². The number of halogens is 3. The lowest BCUT2D eigenvalue weighted by Gasteiger charge is -2.04. The fraction of sp³-hybridized carbons (Fsp3) is 0.182. The Balaban J connectivity index is 3.08. The first kappa shape index (κ1) is 13.4. The normalized spacial score (nSPS) is 11.4. The maximum Gasteiger partial charge on any atom is 0.334 e. The van der Waals surface area contributed by atoms with E-state index in [-0.39, 0.29) is 17.2 Å². The predicted octanol–water partition coefficient (Wildman–Crippen LogP) is 3.08. The number of hydrogen-bond donors (Lipinski definition) is 1. The molecule has 6 heteroatoms. The van der Waals surface area contributed by atoms with Gasteiger partial charge in [0.15, 0.2) is 11.6 Å². The second-order valence-electron chi connectivity index (χ2n) is 3.03. The van der Waals surface area contributed by atoms with Gasteiger partial charge in [-0.3, -0.25) is 0 Å². The highest BCUT2D eigenvalue weighted by Gasteiger charge is 2.12. The predicted molar refractivity (Wildman–Crippen MR) is 58.6 cm³/mol. The summed E-state index contributed by atoms with van der Waals surface area (Å²) in [5.41, 5.74) is -0.182. The molecular formula is C11H9ClF2O3. The number of aliphatic hydroxyl groups excluding tert-OH is 1. The van der Waals surface area contributed by atoms with Crippen molar-refractivity contribution in [2.75, 3.05) is 6.61 Å². The molecule has 0 aliphatic carbocycles. The number of carbonyl (C=O) groups excluding carboxylic acids is 1. The van der Waals surface area contributed by atoms with Gasteiger partial charge in [0.05, 0.1) is 17.7 Å². The molecule has 0 aromatic heterocycles. The summed E-state index contributed by atoms with van der Waals surface area (Å²) < 4.78 is 30.2. The first-order chi connectivity index (χ1) is 7.95. The Kier molecular flexibility index (Phi) is 4.45. The zero-order valence-corrected chi connectivity index (χ0v) is 9.59. The second-order valence-corrected chi connectivity index (χ2v) is 3.43. The molecule has 0 atom stereocenters. The average molecular weight is 263 g/mol. The molecule has 0 unspecified atom stereocenters. The smallest absolute Gasteiger partial charge is 0.334 e. The summed E-state index contributed by atoms with van der Waals surface area (Å²) in [4.78, 5) is 11.0. The molecule has 92 valence electrons. The van der Waals surface area contributed by atoms with E-state index in [1.54, 1.807) is 6.92 Å². The van der Waals surface area contributed by atoms with Gasteiger partial charge < -0.3 is 9.84 Å². The Hall–Kier alpha value is -1.62. The van der Waals surface area contributed by atoms with Crippen molar-refractivity contribution >= 4 is 23.3 Å². The van der Waals surface area contributed by atoms with Crippen LogP contribution in [0.5, 0.6) is 0 Å². The van der Waals surface area contributed by atoms with E-state index in [4.69, 9.17) is 11.6 Å². The summed E-state index contributed by atoms with van der Waals surface area (Å²) >= 11 is 5.60. The molecule has 0 aliphatic rings. The van der Waals surface area contributed by atoms with Crippen LogP contribution >= 0.6 is 11.6 Å². The monoisotopic (exact) mass is 262 g/mol. The number of aliphatic hydroxyl groups is 1. The largest absolute Gasteiger partial charge is 0.507 e. The van der Waals surface area contributed by atoms with E-state index >= 15 is 0 Å². The lowest BCUT2D eigenvalue weighted by atomic mass is 10.1. The molecule has 0 aliphatic heterocycles. The molecule has 0 saturated heterocycles. The molecule has 0 saturated carbocycles. The van der Waals surface area contributed by atoms with E-state index in [2.05, 4.69) is 4.74 Å². The van der Waals surface area contributed by atoms with E-state index in [0.717, 1.165) is 6.08 Å². The lowest BCUT2D eigenvalue weighted by Crippen LogP contribution is -2.01. The Labute approximate surface area is 101 Å². The number of benzene rings is 1. The van der Waals surface area contributed by atoms with Gasteiger partial charge in [-0.2, -0.15) is 0 Å². The molecule has 0 spiro atoms. The zero-order chi connectivity index (χ0) is 13.0. The fourth-order valence-corrected chi connectivity index (χ4v) is 1.34. The van der Waals surface area contributed by atoms with Crippen LogP contribution in [0.4, 0.5) is 8.78 Å². The summed E-state index contributed by atoms with van der Waals surface area (Å²) in [6.07, 6.45) is 0.738. The molecule has 0 amide bonds. The van der Waals surface area contributed by atoms with E-state index in [1.165, 1.54) is 0 Å². The molecular weight excluding hydrogens is 254 g/mol. The van der Waals surface area contributed by atoms with Gasteiger partial charge in [0.2, 0.25) is 0 Å². The lowest BCUT2D eigenvalue weighted by molar-refractivity contribution is -0.137. The minimum atomic E-state index is -1.17. The molecule has 17 heavy (non-hydrogen) atoms. The van der Waals surface area contributed by atoms with Crippen molar-refractivity contribution in [3.8, 4) is 0 Å². The van der Waals surface area contributed by atoms with Crippen LogP contribution in [-0.4, -0.2) is 17.7 Å². The third-order valence-corrected chi connectivity index (χ3v) is 2.14. The van der Waals surface area contributed by atoms with E-state index in [9.17, 15) is 18.7 Å². The third-order valence-electron chi connectivity index (χ3n) is 1.83. The number of carbonyl (C=O) groups is 1. The Morgan fingerprint density at radius 1 is 1.47 bits per heavy atom. The Morgan fingerprint density at radius 3 is 2.65 bits per heavy atom. The minimum absolute atomic E-state index is 0.133. The van der Waals surface area contributed by atoms with E-state index in [0.29, 0.717) is 12.1 Å². The molecule has 0 heterocycles. The average Bonchev–Trinajstić information content (AvgIpc) is 2.23. The van der Waals surface area contributed by atoms with Gasteiger partial charge in [-0.1, -0.05) is 11.6 Å². The fourth-order valence-electron chi connectivity index (χ4n) is 1.09. The SMILES string of the molecule is CCOC(=O)/C=C(\O)c1cc(F)c(F)cc1Cl. The maximum absolute atomic E-state index is 12.9. The molecule has 0 radical (unpaired) electrons. The highest BCUT2D eigenvalue weighted by atomic mass is 35.5.